The molecule has 0 unspecified atom stereocenters. The van der Waals surface area contributed by atoms with Crippen LogP contribution in [0.1, 0.15) is 59.8 Å². The zero-order valence-corrected chi connectivity index (χ0v) is 14.2. The second kappa shape index (κ2) is 6.65. The van der Waals surface area contributed by atoms with Gasteiger partial charge in [-0.05, 0) is 46.9 Å². The highest BCUT2D eigenvalue weighted by atomic mass is 14.3. The monoisotopic (exact) mass is 312 g/mol. The summed E-state index contributed by atoms with van der Waals surface area (Å²) in [6, 6.07) is 31.1. The Morgan fingerprint density at radius 1 is 0.667 bits per heavy atom. The van der Waals surface area contributed by atoms with Gasteiger partial charge in [-0.25, -0.2) is 0 Å². The summed E-state index contributed by atoms with van der Waals surface area (Å²) in [5, 5.41) is 0. The van der Waals surface area contributed by atoms with Gasteiger partial charge in [0.05, 0.1) is 0 Å². The molecule has 120 valence electrons. The molecule has 0 aliphatic heterocycles. The summed E-state index contributed by atoms with van der Waals surface area (Å²) in [6.07, 6.45) is 2.50. The fraction of sp³-hybridized carbons (Fsp3) is 0.250. The number of hydrogen-bond acceptors (Lipinski definition) is 0. The van der Waals surface area contributed by atoms with Crippen molar-refractivity contribution < 1.29 is 0 Å². The molecule has 3 aromatic rings. The molecule has 24 heavy (non-hydrogen) atoms. The first-order valence-corrected chi connectivity index (χ1v) is 9.03. The minimum atomic E-state index is 0.543. The number of hydrogen-bond donors (Lipinski definition) is 0. The van der Waals surface area contributed by atoms with Crippen LogP contribution in [0.3, 0.4) is 0 Å². The maximum Gasteiger partial charge on any atom is 0.00924 e. The largest absolute Gasteiger partial charge is 0.0622 e. The predicted octanol–water partition coefficient (Wildman–Crippen LogP) is 6.50. The van der Waals surface area contributed by atoms with E-state index in [4.69, 9.17) is 0 Å². The van der Waals surface area contributed by atoms with Gasteiger partial charge in [0.2, 0.25) is 0 Å². The van der Waals surface area contributed by atoms with Crippen molar-refractivity contribution in [3.63, 3.8) is 0 Å². The molecule has 3 aromatic carbocycles. The lowest BCUT2D eigenvalue weighted by molar-refractivity contribution is 0.464. The van der Waals surface area contributed by atoms with Crippen LogP contribution in [0.5, 0.6) is 0 Å². The highest BCUT2D eigenvalue weighted by molar-refractivity contribution is 5.43. The van der Waals surface area contributed by atoms with Crippen molar-refractivity contribution in [1.29, 1.82) is 0 Å². The number of benzene rings is 3. The summed E-state index contributed by atoms with van der Waals surface area (Å²) in [6.45, 7) is 2.39. The van der Waals surface area contributed by atoms with E-state index in [1.807, 2.05) is 0 Å². The van der Waals surface area contributed by atoms with Gasteiger partial charge in [-0.1, -0.05) is 91.9 Å². The van der Waals surface area contributed by atoms with Crippen LogP contribution < -0.4 is 0 Å². The second-order valence-corrected chi connectivity index (χ2v) is 6.98. The average Bonchev–Trinajstić information content (AvgIpc) is 2.68. The normalized spacial score (nSPS) is 21.0. The van der Waals surface area contributed by atoms with Gasteiger partial charge in [0, 0.05) is 5.92 Å². The highest BCUT2D eigenvalue weighted by Crippen LogP contribution is 2.47. The Balaban J connectivity index is 1.72. The van der Waals surface area contributed by atoms with Crippen LogP contribution in [0.2, 0.25) is 0 Å². The summed E-state index contributed by atoms with van der Waals surface area (Å²) in [5.41, 5.74) is 5.99. The van der Waals surface area contributed by atoms with Crippen LogP contribution in [-0.2, 0) is 0 Å². The van der Waals surface area contributed by atoms with Gasteiger partial charge in [-0.3, -0.25) is 0 Å². The lowest BCUT2D eigenvalue weighted by Crippen LogP contribution is -2.19. The van der Waals surface area contributed by atoms with Crippen LogP contribution in [-0.4, -0.2) is 0 Å². The molecule has 0 amide bonds. The Bertz CT molecular complexity index is 789. The van der Waals surface area contributed by atoms with E-state index < -0.39 is 0 Å². The lowest BCUT2D eigenvalue weighted by Gasteiger charge is -2.35. The van der Waals surface area contributed by atoms with E-state index >= 15 is 0 Å². The van der Waals surface area contributed by atoms with E-state index in [0.29, 0.717) is 17.8 Å². The van der Waals surface area contributed by atoms with Gasteiger partial charge in [0.25, 0.3) is 0 Å². The fourth-order valence-corrected chi connectivity index (χ4v) is 4.36. The highest BCUT2D eigenvalue weighted by Gasteiger charge is 2.31. The Kier molecular flexibility index (Phi) is 4.21. The molecular weight excluding hydrogens is 288 g/mol. The van der Waals surface area contributed by atoms with Gasteiger partial charge >= 0.3 is 0 Å². The molecule has 0 heterocycles. The molecule has 0 bridgehead atoms. The zero-order valence-electron chi connectivity index (χ0n) is 14.2. The Labute approximate surface area is 145 Å². The zero-order chi connectivity index (χ0) is 16.4. The SMILES string of the molecule is C[C@H](c1ccccc1)[C@@H]1CC[C@@H](c2ccccc2)c2ccccc21. The fourth-order valence-electron chi connectivity index (χ4n) is 4.36. The first-order valence-electron chi connectivity index (χ1n) is 9.03. The summed E-state index contributed by atoms with van der Waals surface area (Å²) >= 11 is 0. The molecule has 1 aliphatic carbocycles. The molecular formula is C24H24. The Hall–Kier alpha value is -2.34. The predicted molar refractivity (Wildman–Crippen MR) is 102 cm³/mol. The molecule has 0 aromatic heterocycles. The van der Waals surface area contributed by atoms with Crippen molar-refractivity contribution in [3.8, 4) is 0 Å². The molecule has 3 atom stereocenters. The third kappa shape index (κ3) is 2.78. The maximum atomic E-state index is 2.39. The molecule has 0 saturated heterocycles. The lowest BCUT2D eigenvalue weighted by atomic mass is 9.69. The molecule has 0 radical (unpaired) electrons. The number of rotatable bonds is 3. The standard InChI is InChI=1S/C24H24/c1-18(19-10-4-2-5-11-19)21-16-17-22(20-12-6-3-7-13-20)24-15-9-8-14-23(21)24/h2-15,18,21-22H,16-17H2,1H3/t18-,21+,22+/m1/s1. The Morgan fingerprint density at radius 2 is 1.25 bits per heavy atom. The van der Waals surface area contributed by atoms with E-state index in [-0.39, 0.29) is 0 Å². The van der Waals surface area contributed by atoms with Crippen molar-refractivity contribution in [1.82, 2.24) is 0 Å². The van der Waals surface area contributed by atoms with Crippen LogP contribution in [0.25, 0.3) is 0 Å². The quantitative estimate of drug-likeness (QED) is 0.518. The first-order chi connectivity index (χ1) is 11.8. The van der Waals surface area contributed by atoms with E-state index in [9.17, 15) is 0 Å². The van der Waals surface area contributed by atoms with Crippen molar-refractivity contribution in [2.24, 2.45) is 0 Å². The summed E-state index contributed by atoms with van der Waals surface area (Å²) < 4.78 is 0. The molecule has 0 heteroatoms. The van der Waals surface area contributed by atoms with E-state index in [1.165, 1.54) is 29.5 Å². The number of fused-ring (bicyclic) bond motifs is 1. The summed E-state index contributed by atoms with van der Waals surface area (Å²) in [4.78, 5) is 0. The van der Waals surface area contributed by atoms with Gasteiger partial charge in [0.15, 0.2) is 0 Å². The Morgan fingerprint density at radius 3 is 1.96 bits per heavy atom. The molecule has 0 spiro atoms. The van der Waals surface area contributed by atoms with Crippen LogP contribution in [0.4, 0.5) is 0 Å². The van der Waals surface area contributed by atoms with Crippen LogP contribution in [0, 0.1) is 0 Å². The summed E-state index contributed by atoms with van der Waals surface area (Å²) in [7, 11) is 0. The third-order valence-electron chi connectivity index (χ3n) is 5.67. The smallest absolute Gasteiger partial charge is 0.00924 e. The molecule has 1 aliphatic rings. The molecule has 0 fully saturated rings. The van der Waals surface area contributed by atoms with E-state index in [2.05, 4.69) is 91.9 Å². The maximum absolute atomic E-state index is 2.39. The van der Waals surface area contributed by atoms with Gasteiger partial charge in [-0.15, -0.1) is 0 Å². The van der Waals surface area contributed by atoms with E-state index in [0.717, 1.165) is 0 Å². The first kappa shape index (κ1) is 15.2. The minimum absolute atomic E-state index is 0.543. The van der Waals surface area contributed by atoms with Crippen molar-refractivity contribution in [2.45, 2.75) is 37.5 Å². The van der Waals surface area contributed by atoms with Crippen molar-refractivity contribution in [3.05, 3.63) is 107 Å². The van der Waals surface area contributed by atoms with Gasteiger partial charge < -0.3 is 0 Å². The molecule has 0 nitrogen and oxygen atoms in total. The minimum Gasteiger partial charge on any atom is -0.0622 e. The van der Waals surface area contributed by atoms with Crippen LogP contribution in [0.15, 0.2) is 84.9 Å². The molecule has 4 rings (SSSR count). The second-order valence-electron chi connectivity index (χ2n) is 6.98. The van der Waals surface area contributed by atoms with E-state index in [1.54, 1.807) is 5.56 Å². The van der Waals surface area contributed by atoms with Gasteiger partial charge in [-0.2, -0.15) is 0 Å². The molecule has 0 saturated carbocycles. The van der Waals surface area contributed by atoms with Crippen molar-refractivity contribution >= 4 is 0 Å². The molecule has 0 N–H and O–H groups in total. The average molecular weight is 312 g/mol. The summed E-state index contributed by atoms with van der Waals surface area (Å²) in [5.74, 6) is 1.72. The van der Waals surface area contributed by atoms with Crippen LogP contribution >= 0.6 is 0 Å². The third-order valence-corrected chi connectivity index (χ3v) is 5.67. The van der Waals surface area contributed by atoms with Crippen molar-refractivity contribution in [2.75, 3.05) is 0 Å². The van der Waals surface area contributed by atoms with Gasteiger partial charge in [0.1, 0.15) is 0 Å². The topological polar surface area (TPSA) is 0 Å².